The maximum absolute atomic E-state index is 12.6. The first-order valence-electron chi connectivity index (χ1n) is 9.17. The number of amides is 1. The van der Waals surface area contributed by atoms with Crippen LogP contribution in [0.5, 0.6) is 5.75 Å². The molecule has 2 heterocycles. The number of rotatable bonds is 6. The van der Waals surface area contributed by atoms with E-state index in [1.165, 1.54) is 16.9 Å². The molecule has 1 saturated heterocycles. The predicted molar refractivity (Wildman–Crippen MR) is 119 cm³/mol. The summed E-state index contributed by atoms with van der Waals surface area (Å²) in [6, 6.07) is 8.09. The van der Waals surface area contributed by atoms with Crippen molar-refractivity contribution >= 4 is 42.1 Å². The van der Waals surface area contributed by atoms with Crippen LogP contribution in [0.2, 0.25) is 0 Å². The largest absolute Gasteiger partial charge is 0.486 e. The SMILES string of the molecule is Cc1ccc(OCc2nc(CC(=O)N3CCCC(C(C)N)C3)cs2)cc1.Cl.Cl. The molecule has 1 amide bonds. The summed E-state index contributed by atoms with van der Waals surface area (Å²) in [5.41, 5.74) is 8.04. The summed E-state index contributed by atoms with van der Waals surface area (Å²) in [6.07, 6.45) is 2.50. The van der Waals surface area contributed by atoms with Crippen molar-refractivity contribution in [2.24, 2.45) is 11.7 Å². The maximum Gasteiger partial charge on any atom is 0.228 e. The molecular weight excluding hydrogens is 417 g/mol. The highest BCUT2D eigenvalue weighted by molar-refractivity contribution is 7.09. The van der Waals surface area contributed by atoms with E-state index in [1.807, 2.05) is 48.4 Å². The third-order valence-electron chi connectivity index (χ3n) is 4.87. The molecule has 1 aromatic carbocycles. The molecule has 28 heavy (non-hydrogen) atoms. The van der Waals surface area contributed by atoms with Crippen molar-refractivity contribution in [1.29, 1.82) is 0 Å². The zero-order valence-electron chi connectivity index (χ0n) is 16.3. The number of aryl methyl sites for hydroxylation is 1. The third kappa shape index (κ3) is 6.92. The summed E-state index contributed by atoms with van der Waals surface area (Å²) < 4.78 is 5.76. The molecule has 0 bridgehead atoms. The van der Waals surface area contributed by atoms with Gasteiger partial charge in [0.05, 0.1) is 12.1 Å². The van der Waals surface area contributed by atoms with Crippen molar-refractivity contribution < 1.29 is 9.53 Å². The quantitative estimate of drug-likeness (QED) is 0.728. The van der Waals surface area contributed by atoms with E-state index in [1.54, 1.807) is 0 Å². The molecule has 3 rings (SSSR count). The number of carbonyl (C=O) groups excluding carboxylic acids is 1. The minimum atomic E-state index is 0. The van der Waals surface area contributed by atoms with E-state index in [0.717, 1.165) is 42.4 Å². The number of nitrogens with zero attached hydrogens (tertiary/aromatic N) is 2. The average molecular weight is 446 g/mol. The van der Waals surface area contributed by atoms with E-state index in [2.05, 4.69) is 4.98 Å². The van der Waals surface area contributed by atoms with Gasteiger partial charge in [-0.1, -0.05) is 17.7 Å². The van der Waals surface area contributed by atoms with Gasteiger partial charge < -0.3 is 15.4 Å². The fraction of sp³-hybridized carbons (Fsp3) is 0.500. The molecule has 1 aliphatic heterocycles. The third-order valence-corrected chi connectivity index (χ3v) is 5.74. The fourth-order valence-corrected chi connectivity index (χ4v) is 3.91. The van der Waals surface area contributed by atoms with Crippen molar-refractivity contribution in [3.8, 4) is 5.75 Å². The van der Waals surface area contributed by atoms with Gasteiger partial charge in [0, 0.05) is 24.5 Å². The Bertz CT molecular complexity index is 737. The van der Waals surface area contributed by atoms with Gasteiger partial charge in [-0.05, 0) is 44.7 Å². The number of carbonyl (C=O) groups is 1. The van der Waals surface area contributed by atoms with Gasteiger partial charge in [0.15, 0.2) is 0 Å². The molecule has 0 radical (unpaired) electrons. The smallest absolute Gasteiger partial charge is 0.228 e. The van der Waals surface area contributed by atoms with E-state index in [9.17, 15) is 4.79 Å². The summed E-state index contributed by atoms with van der Waals surface area (Å²) in [7, 11) is 0. The summed E-state index contributed by atoms with van der Waals surface area (Å²) in [5.74, 6) is 1.38. The monoisotopic (exact) mass is 445 g/mol. The molecule has 2 atom stereocenters. The Labute approximate surface area is 183 Å². The van der Waals surface area contributed by atoms with Gasteiger partial charge in [-0.3, -0.25) is 4.79 Å². The molecule has 2 unspecified atom stereocenters. The van der Waals surface area contributed by atoms with Crippen LogP contribution in [-0.2, 0) is 17.8 Å². The fourth-order valence-electron chi connectivity index (χ4n) is 3.21. The van der Waals surface area contributed by atoms with E-state index in [4.69, 9.17) is 10.5 Å². The van der Waals surface area contributed by atoms with Crippen LogP contribution >= 0.6 is 36.2 Å². The van der Waals surface area contributed by atoms with Gasteiger partial charge >= 0.3 is 0 Å². The van der Waals surface area contributed by atoms with Crippen LogP contribution in [0, 0.1) is 12.8 Å². The van der Waals surface area contributed by atoms with E-state index in [-0.39, 0.29) is 36.8 Å². The zero-order valence-corrected chi connectivity index (χ0v) is 18.7. The van der Waals surface area contributed by atoms with Crippen molar-refractivity contribution in [3.05, 3.63) is 45.9 Å². The second-order valence-corrected chi connectivity index (χ2v) is 8.05. The van der Waals surface area contributed by atoms with Gasteiger partial charge in [-0.15, -0.1) is 36.2 Å². The Hall–Kier alpha value is -1.34. The Morgan fingerprint density at radius 3 is 2.75 bits per heavy atom. The van der Waals surface area contributed by atoms with Crippen LogP contribution in [0.25, 0.3) is 0 Å². The maximum atomic E-state index is 12.6. The lowest BCUT2D eigenvalue weighted by Gasteiger charge is -2.34. The topological polar surface area (TPSA) is 68.5 Å². The molecule has 1 aromatic heterocycles. The molecular formula is C20H29Cl2N3O2S. The zero-order chi connectivity index (χ0) is 18.5. The molecule has 1 aliphatic rings. The standard InChI is InChI=1S/C20H27N3O2S.2ClH/c1-14-5-7-18(8-6-14)25-12-19-22-17(13-26-19)10-20(24)23-9-3-4-16(11-23)15(2)21;;/h5-8,13,15-16H,3-4,9-12,21H2,1-2H3;2*1H. The molecule has 8 heteroatoms. The van der Waals surface area contributed by atoms with Crippen molar-refractivity contribution in [3.63, 3.8) is 0 Å². The number of likely N-dealkylation sites (tertiary alicyclic amines) is 1. The molecule has 0 spiro atoms. The summed E-state index contributed by atoms with van der Waals surface area (Å²) in [6.45, 7) is 6.10. The number of thiazole rings is 1. The lowest BCUT2D eigenvalue weighted by atomic mass is 9.92. The highest BCUT2D eigenvalue weighted by Crippen LogP contribution is 2.20. The van der Waals surface area contributed by atoms with Gasteiger partial charge in [0.25, 0.3) is 0 Å². The second kappa shape index (κ2) is 11.6. The highest BCUT2D eigenvalue weighted by atomic mass is 35.5. The Balaban J connectivity index is 0.00000196. The summed E-state index contributed by atoms with van der Waals surface area (Å²) >= 11 is 1.54. The van der Waals surface area contributed by atoms with E-state index >= 15 is 0 Å². The number of aromatic nitrogens is 1. The van der Waals surface area contributed by atoms with E-state index in [0.29, 0.717) is 18.9 Å². The van der Waals surface area contributed by atoms with Crippen molar-refractivity contribution in [2.75, 3.05) is 13.1 Å². The second-order valence-electron chi connectivity index (χ2n) is 7.11. The minimum absolute atomic E-state index is 0. The molecule has 2 aromatic rings. The van der Waals surface area contributed by atoms with Gasteiger partial charge in [-0.25, -0.2) is 4.98 Å². The number of halogens is 2. The van der Waals surface area contributed by atoms with E-state index < -0.39 is 0 Å². The van der Waals surface area contributed by atoms with Gasteiger partial charge in [-0.2, -0.15) is 0 Å². The van der Waals surface area contributed by atoms with Crippen LogP contribution in [0.3, 0.4) is 0 Å². The van der Waals surface area contributed by atoms with Crippen LogP contribution in [0.1, 0.15) is 36.0 Å². The number of hydrogen-bond donors (Lipinski definition) is 1. The first-order chi connectivity index (χ1) is 12.5. The molecule has 2 N–H and O–H groups in total. The first kappa shape index (κ1) is 24.7. The minimum Gasteiger partial charge on any atom is -0.486 e. The van der Waals surface area contributed by atoms with Crippen LogP contribution in [-0.4, -0.2) is 34.9 Å². The average Bonchev–Trinajstić information content (AvgIpc) is 3.08. The lowest BCUT2D eigenvalue weighted by Crippen LogP contribution is -2.45. The van der Waals surface area contributed by atoms with Crippen LogP contribution < -0.4 is 10.5 Å². The van der Waals surface area contributed by atoms with Crippen molar-refractivity contribution in [2.45, 2.75) is 45.8 Å². The van der Waals surface area contributed by atoms with Crippen LogP contribution in [0.4, 0.5) is 0 Å². The van der Waals surface area contributed by atoms with Crippen molar-refractivity contribution in [1.82, 2.24) is 9.88 Å². The molecule has 156 valence electrons. The normalized spacial score (nSPS) is 17.2. The summed E-state index contributed by atoms with van der Waals surface area (Å²) in [4.78, 5) is 19.1. The number of benzene rings is 1. The highest BCUT2D eigenvalue weighted by Gasteiger charge is 2.26. The van der Waals surface area contributed by atoms with Gasteiger partial charge in [0.1, 0.15) is 17.4 Å². The number of ether oxygens (including phenoxy) is 1. The first-order valence-corrected chi connectivity index (χ1v) is 10.1. The number of nitrogens with two attached hydrogens (primary N) is 1. The predicted octanol–water partition coefficient (Wildman–Crippen LogP) is 4.00. The molecule has 0 aliphatic carbocycles. The summed E-state index contributed by atoms with van der Waals surface area (Å²) in [5, 5.41) is 2.85. The number of hydrogen-bond acceptors (Lipinski definition) is 5. The Morgan fingerprint density at radius 2 is 2.07 bits per heavy atom. The lowest BCUT2D eigenvalue weighted by molar-refractivity contribution is -0.132. The molecule has 5 nitrogen and oxygen atoms in total. The number of piperidine rings is 1. The Morgan fingerprint density at radius 1 is 1.36 bits per heavy atom. The van der Waals surface area contributed by atoms with Crippen LogP contribution in [0.15, 0.2) is 29.6 Å². The molecule has 1 fully saturated rings. The Kier molecular flexibility index (Phi) is 10.2. The molecule has 0 saturated carbocycles. The van der Waals surface area contributed by atoms with Gasteiger partial charge in [0.2, 0.25) is 5.91 Å².